The molecule has 0 saturated heterocycles. The van der Waals surface area contributed by atoms with Crippen LogP contribution in [0.2, 0.25) is 0 Å². The number of amides is 2. The maximum Gasteiger partial charge on any atom is 0.274 e. The molecular weight excluding hydrogens is 587 g/mol. The predicted octanol–water partition coefficient (Wildman–Crippen LogP) is 5.44. The van der Waals surface area contributed by atoms with E-state index in [9.17, 15) is 22.2 Å². The number of benzene rings is 2. The quantitative estimate of drug-likeness (QED) is 0.209. The number of rotatable bonds is 4. The molecule has 0 radical (unpaired) electrons. The summed E-state index contributed by atoms with van der Waals surface area (Å²) in [4.78, 5) is 36.9. The van der Waals surface area contributed by atoms with Crippen LogP contribution in [0.25, 0.3) is 21.8 Å². The Kier molecular flexibility index (Phi) is 10.7. The van der Waals surface area contributed by atoms with Gasteiger partial charge in [-0.25, -0.2) is 13.4 Å². The van der Waals surface area contributed by atoms with Gasteiger partial charge in [0, 0.05) is 58.0 Å². The van der Waals surface area contributed by atoms with Gasteiger partial charge < -0.3 is 20.6 Å². The lowest BCUT2D eigenvalue weighted by Gasteiger charge is -2.09. The molecule has 0 spiro atoms. The standard InChI is InChI=1S/C27H25N5O2.C2H6O2S.C2H6OS/c1-14-16(3)28-24-18(14)8-5-10-20(24)31-26(33)22-12-7-13-23(30-22)27(34)32-21-11-6-9-19-15(2)17(4)29-25(19)21;1-5(2,3)4;1-4(2)3/h5-13,28-29H,1-4H3,(H,31,33)(H,32,34);1-2H3;1-2H3. The van der Waals surface area contributed by atoms with Crippen LogP contribution in [0, 0.1) is 27.7 Å². The second-order valence-corrected chi connectivity index (χ2v) is 14.2. The maximum atomic E-state index is 13.0. The minimum absolute atomic E-state index is 0.162. The molecule has 2 amide bonds. The number of aromatic nitrogens is 3. The molecule has 0 saturated carbocycles. The van der Waals surface area contributed by atoms with Crippen molar-refractivity contribution in [3.8, 4) is 0 Å². The van der Waals surface area contributed by atoms with Crippen molar-refractivity contribution in [3.05, 3.63) is 88.5 Å². The van der Waals surface area contributed by atoms with E-state index >= 15 is 0 Å². The highest BCUT2D eigenvalue weighted by atomic mass is 32.2. The van der Waals surface area contributed by atoms with Crippen LogP contribution in [0.1, 0.15) is 43.5 Å². The summed E-state index contributed by atoms with van der Waals surface area (Å²) >= 11 is 0. The van der Waals surface area contributed by atoms with Crippen molar-refractivity contribution in [1.29, 1.82) is 0 Å². The van der Waals surface area contributed by atoms with Gasteiger partial charge in [0.2, 0.25) is 0 Å². The van der Waals surface area contributed by atoms with E-state index in [4.69, 9.17) is 0 Å². The van der Waals surface area contributed by atoms with Gasteiger partial charge in [0.25, 0.3) is 11.8 Å². The van der Waals surface area contributed by atoms with Crippen LogP contribution in [0.3, 0.4) is 0 Å². The van der Waals surface area contributed by atoms with Crippen molar-refractivity contribution in [2.45, 2.75) is 27.7 Å². The Labute approximate surface area is 254 Å². The van der Waals surface area contributed by atoms with Gasteiger partial charge in [0.15, 0.2) is 0 Å². The van der Waals surface area contributed by atoms with E-state index in [0.717, 1.165) is 56.8 Å². The summed E-state index contributed by atoms with van der Waals surface area (Å²) in [6.07, 6.45) is 5.60. The monoisotopic (exact) mass is 623 g/mol. The first kappa shape index (κ1) is 33.2. The Balaban J connectivity index is 0.000000495. The summed E-state index contributed by atoms with van der Waals surface area (Å²) in [5.41, 5.74) is 7.78. The van der Waals surface area contributed by atoms with Crippen LogP contribution in [-0.2, 0) is 20.6 Å². The number of anilines is 2. The number of para-hydroxylation sites is 2. The fraction of sp³-hybridized carbons (Fsp3) is 0.258. The smallest absolute Gasteiger partial charge is 0.274 e. The van der Waals surface area contributed by atoms with Gasteiger partial charge in [-0.2, -0.15) is 0 Å². The summed E-state index contributed by atoms with van der Waals surface area (Å²) in [6, 6.07) is 16.4. The molecule has 3 heterocycles. The van der Waals surface area contributed by atoms with Gasteiger partial charge in [-0.3, -0.25) is 13.8 Å². The Hall–Kier alpha value is -4.29. The lowest BCUT2D eigenvalue weighted by molar-refractivity contribution is 0.101. The molecule has 3 aromatic heterocycles. The Morgan fingerprint density at radius 2 is 1.02 bits per heavy atom. The molecule has 2 aromatic carbocycles. The molecule has 0 aliphatic heterocycles. The van der Waals surface area contributed by atoms with E-state index in [1.54, 1.807) is 30.7 Å². The van der Waals surface area contributed by atoms with Crippen molar-refractivity contribution >= 4 is 65.6 Å². The highest BCUT2D eigenvalue weighted by molar-refractivity contribution is 7.89. The number of sulfone groups is 1. The molecule has 0 fully saturated rings. The average molecular weight is 624 g/mol. The summed E-state index contributed by atoms with van der Waals surface area (Å²) in [5.74, 6) is -0.769. The molecule has 0 aliphatic carbocycles. The van der Waals surface area contributed by atoms with Crippen LogP contribution in [0.15, 0.2) is 54.6 Å². The molecule has 43 heavy (non-hydrogen) atoms. The number of hydrogen-bond donors (Lipinski definition) is 4. The molecule has 12 heteroatoms. The van der Waals surface area contributed by atoms with E-state index in [2.05, 4.69) is 25.6 Å². The lowest BCUT2D eigenvalue weighted by atomic mass is 10.1. The zero-order valence-electron chi connectivity index (χ0n) is 25.5. The first-order valence-corrected chi connectivity index (χ1v) is 17.5. The van der Waals surface area contributed by atoms with E-state index in [1.807, 2.05) is 64.1 Å². The number of nitrogens with one attached hydrogen (secondary N) is 4. The zero-order valence-corrected chi connectivity index (χ0v) is 27.1. The van der Waals surface area contributed by atoms with Gasteiger partial charge in [0.05, 0.1) is 22.4 Å². The Morgan fingerprint density at radius 3 is 1.37 bits per heavy atom. The van der Waals surface area contributed by atoms with E-state index in [-0.39, 0.29) is 23.2 Å². The van der Waals surface area contributed by atoms with Gasteiger partial charge in [0.1, 0.15) is 21.2 Å². The summed E-state index contributed by atoms with van der Waals surface area (Å²) in [7, 11) is -3.28. The molecule has 0 atom stereocenters. The van der Waals surface area contributed by atoms with Crippen LogP contribution >= 0.6 is 0 Å². The van der Waals surface area contributed by atoms with Crippen molar-refractivity contribution in [3.63, 3.8) is 0 Å². The van der Waals surface area contributed by atoms with E-state index in [0.29, 0.717) is 11.4 Å². The number of carbonyl (C=O) groups is 2. The lowest BCUT2D eigenvalue weighted by Crippen LogP contribution is -2.18. The first-order valence-electron chi connectivity index (χ1n) is 13.2. The molecule has 228 valence electrons. The minimum Gasteiger partial charge on any atom is -0.357 e. The summed E-state index contributed by atoms with van der Waals surface area (Å²) in [5, 5.41) is 7.95. The number of nitrogens with zero attached hydrogens (tertiary/aromatic N) is 1. The van der Waals surface area contributed by atoms with Crippen molar-refractivity contribution in [2.24, 2.45) is 0 Å². The average Bonchev–Trinajstić information content (AvgIpc) is 3.38. The van der Waals surface area contributed by atoms with E-state index < -0.39 is 20.6 Å². The van der Waals surface area contributed by atoms with Crippen molar-refractivity contribution < 1.29 is 22.2 Å². The molecule has 0 unspecified atom stereocenters. The van der Waals surface area contributed by atoms with Gasteiger partial charge in [-0.15, -0.1) is 0 Å². The van der Waals surface area contributed by atoms with Crippen molar-refractivity contribution in [1.82, 2.24) is 15.0 Å². The molecule has 0 bridgehead atoms. The van der Waals surface area contributed by atoms with Crippen molar-refractivity contribution in [2.75, 3.05) is 35.7 Å². The minimum atomic E-state index is -2.67. The molecular formula is C31H37N5O5S2. The molecule has 4 N–H and O–H groups in total. The normalized spacial score (nSPS) is 11.0. The fourth-order valence-electron chi connectivity index (χ4n) is 4.23. The zero-order chi connectivity index (χ0) is 32.1. The molecule has 0 aliphatic rings. The SMILES string of the molecule is CS(C)(=O)=O.CS(C)=O.Cc1[nH]c2c(NC(=O)c3cccc(C(=O)Nc4cccc5c(C)c(C)[nH]c45)n3)cccc2c1C. The second-order valence-electron chi connectivity index (χ2n) is 10.4. The van der Waals surface area contributed by atoms with Crippen LogP contribution in [0.4, 0.5) is 11.4 Å². The Morgan fingerprint density at radius 1 is 0.698 bits per heavy atom. The van der Waals surface area contributed by atoms with Gasteiger partial charge in [-0.05, 0) is 63.1 Å². The molecule has 10 nitrogen and oxygen atoms in total. The number of fused-ring (bicyclic) bond motifs is 2. The van der Waals surface area contributed by atoms with Gasteiger partial charge >= 0.3 is 0 Å². The summed E-state index contributed by atoms with van der Waals surface area (Å²) < 4.78 is 28.8. The Bertz CT molecular complexity index is 1810. The second kappa shape index (κ2) is 13.8. The fourth-order valence-corrected chi connectivity index (χ4v) is 4.23. The summed E-state index contributed by atoms with van der Waals surface area (Å²) in [6.45, 7) is 8.08. The van der Waals surface area contributed by atoms with Crippen LogP contribution in [0.5, 0.6) is 0 Å². The largest absolute Gasteiger partial charge is 0.357 e. The third kappa shape index (κ3) is 8.85. The predicted molar refractivity (Wildman–Crippen MR) is 176 cm³/mol. The number of pyridine rings is 1. The maximum absolute atomic E-state index is 13.0. The topological polar surface area (TPSA) is 154 Å². The van der Waals surface area contributed by atoms with Gasteiger partial charge in [-0.1, -0.05) is 30.3 Å². The number of H-pyrrole nitrogens is 2. The van der Waals surface area contributed by atoms with Crippen LogP contribution < -0.4 is 10.6 Å². The molecule has 5 aromatic rings. The van der Waals surface area contributed by atoms with E-state index in [1.165, 1.54) is 0 Å². The highest BCUT2D eigenvalue weighted by Gasteiger charge is 2.17. The third-order valence-corrected chi connectivity index (χ3v) is 6.40. The third-order valence-electron chi connectivity index (χ3n) is 6.40. The number of aromatic amines is 2. The highest BCUT2D eigenvalue weighted by Crippen LogP contribution is 2.29. The molecule has 5 rings (SSSR count). The first-order chi connectivity index (χ1) is 20.1. The number of hydrogen-bond acceptors (Lipinski definition) is 6. The van der Waals surface area contributed by atoms with Crippen LogP contribution in [-0.4, -0.2) is 64.4 Å². The number of carbonyl (C=O) groups excluding carboxylic acids is 2. The number of aryl methyl sites for hydroxylation is 4.